The van der Waals surface area contributed by atoms with Gasteiger partial charge in [-0.15, -0.1) is 0 Å². The predicted molar refractivity (Wildman–Crippen MR) is 94.7 cm³/mol. The molecule has 0 aliphatic carbocycles. The Kier molecular flexibility index (Phi) is 4.35. The van der Waals surface area contributed by atoms with E-state index in [4.69, 9.17) is 0 Å². The average Bonchev–Trinajstić information content (AvgIpc) is 3.43. The molecule has 2 aromatic heterocycles. The van der Waals surface area contributed by atoms with Crippen LogP contribution in [0.5, 0.6) is 0 Å². The monoisotopic (exact) mass is 349 g/mol. The Hall–Kier alpha value is -3.22. The Balaban J connectivity index is 1.48. The predicted octanol–water partition coefficient (Wildman–Crippen LogP) is 2.14. The van der Waals surface area contributed by atoms with E-state index in [1.807, 2.05) is 4.90 Å². The third-order valence-corrected chi connectivity index (χ3v) is 4.76. The van der Waals surface area contributed by atoms with E-state index < -0.39 is 0 Å². The van der Waals surface area contributed by atoms with Crippen molar-refractivity contribution in [3.63, 3.8) is 0 Å². The van der Waals surface area contributed by atoms with Crippen LogP contribution in [0.4, 0.5) is 0 Å². The van der Waals surface area contributed by atoms with Gasteiger partial charge in [0.25, 0.3) is 5.91 Å². The fourth-order valence-electron chi connectivity index (χ4n) is 3.40. The number of aromatic nitrogens is 4. The highest BCUT2D eigenvalue weighted by Gasteiger charge is 2.29. The molecule has 3 heterocycles. The number of carbonyl (C=O) groups is 2. The molecule has 1 unspecified atom stereocenters. The first-order valence-corrected chi connectivity index (χ1v) is 8.63. The minimum absolute atomic E-state index is 0.00624. The summed E-state index contributed by atoms with van der Waals surface area (Å²) in [5.74, 6) is -0.0660. The van der Waals surface area contributed by atoms with E-state index in [0.29, 0.717) is 23.2 Å². The zero-order valence-electron chi connectivity index (χ0n) is 14.2. The number of rotatable bonds is 5. The summed E-state index contributed by atoms with van der Waals surface area (Å²) in [5, 5.41) is 4.13. The minimum Gasteiger partial charge on any atom is -0.367 e. The van der Waals surface area contributed by atoms with Gasteiger partial charge in [0.1, 0.15) is 12.7 Å². The third-order valence-electron chi connectivity index (χ3n) is 4.76. The average molecular weight is 349 g/mol. The first kappa shape index (κ1) is 16.3. The molecule has 1 aromatic carbocycles. The Morgan fingerprint density at radius 3 is 2.62 bits per heavy atom. The van der Waals surface area contributed by atoms with Crippen molar-refractivity contribution in [1.82, 2.24) is 24.6 Å². The van der Waals surface area contributed by atoms with Crippen molar-refractivity contribution in [3.8, 4) is 0 Å². The molecule has 0 radical (unpaired) electrons. The Labute approximate surface area is 150 Å². The second-order valence-electron chi connectivity index (χ2n) is 6.42. The molecule has 7 heteroatoms. The van der Waals surface area contributed by atoms with Crippen LogP contribution in [0.15, 0.2) is 55.4 Å². The normalized spacial score (nSPS) is 16.8. The molecular formula is C19H19N5O2. The number of benzene rings is 1. The van der Waals surface area contributed by atoms with Gasteiger partial charge in [-0.25, -0.2) is 4.98 Å². The molecule has 1 N–H and O–H groups in total. The van der Waals surface area contributed by atoms with Gasteiger partial charge in [0.05, 0.1) is 12.6 Å². The SMILES string of the molecule is O=C(c1ccc(C(=O)N2CCCC2Cn2cncn2)cc1)c1cc[nH]c1. The molecule has 1 aliphatic rings. The molecule has 0 saturated carbocycles. The number of likely N-dealkylation sites (tertiary alicyclic amines) is 1. The quantitative estimate of drug-likeness (QED) is 0.715. The van der Waals surface area contributed by atoms with Crippen LogP contribution in [0, 0.1) is 0 Å². The van der Waals surface area contributed by atoms with E-state index in [1.165, 1.54) is 6.33 Å². The van der Waals surface area contributed by atoms with Gasteiger partial charge in [0.15, 0.2) is 5.78 Å². The van der Waals surface area contributed by atoms with E-state index in [2.05, 4.69) is 15.1 Å². The molecule has 1 fully saturated rings. The first-order chi connectivity index (χ1) is 12.7. The molecule has 26 heavy (non-hydrogen) atoms. The second kappa shape index (κ2) is 6.95. The lowest BCUT2D eigenvalue weighted by molar-refractivity contribution is 0.0721. The number of nitrogens with one attached hydrogen (secondary N) is 1. The number of hydrogen-bond donors (Lipinski definition) is 1. The van der Waals surface area contributed by atoms with Crippen molar-refractivity contribution in [2.45, 2.75) is 25.4 Å². The van der Waals surface area contributed by atoms with Crippen molar-refractivity contribution in [2.24, 2.45) is 0 Å². The standard InChI is InChI=1S/C19H19N5O2/c25-18(16-7-8-20-10-16)14-3-5-15(6-4-14)19(26)24-9-1-2-17(24)11-23-13-21-12-22-23/h3-8,10,12-13,17,20H,1-2,9,11H2. The Morgan fingerprint density at radius 2 is 1.92 bits per heavy atom. The maximum absolute atomic E-state index is 12.9. The van der Waals surface area contributed by atoms with E-state index in [0.717, 1.165) is 19.4 Å². The summed E-state index contributed by atoms with van der Waals surface area (Å²) in [7, 11) is 0. The number of carbonyl (C=O) groups excluding carboxylic acids is 2. The molecule has 3 aromatic rings. The summed E-state index contributed by atoms with van der Waals surface area (Å²) in [4.78, 5) is 34.0. The molecule has 0 bridgehead atoms. The molecule has 1 aliphatic heterocycles. The zero-order chi connectivity index (χ0) is 17.9. The van der Waals surface area contributed by atoms with E-state index in [1.54, 1.807) is 53.7 Å². The molecule has 1 amide bonds. The number of amides is 1. The topological polar surface area (TPSA) is 83.9 Å². The maximum Gasteiger partial charge on any atom is 0.254 e. The lowest BCUT2D eigenvalue weighted by Gasteiger charge is -2.24. The Bertz CT molecular complexity index is 885. The Morgan fingerprint density at radius 1 is 1.12 bits per heavy atom. The van der Waals surface area contributed by atoms with Crippen LogP contribution in [0.25, 0.3) is 0 Å². The van der Waals surface area contributed by atoms with Crippen LogP contribution in [0.2, 0.25) is 0 Å². The number of aromatic amines is 1. The fraction of sp³-hybridized carbons (Fsp3) is 0.263. The van der Waals surface area contributed by atoms with Crippen LogP contribution in [0.3, 0.4) is 0 Å². The molecule has 0 spiro atoms. The molecule has 132 valence electrons. The van der Waals surface area contributed by atoms with Crippen LogP contribution in [-0.4, -0.2) is 48.9 Å². The van der Waals surface area contributed by atoms with E-state index in [9.17, 15) is 9.59 Å². The van der Waals surface area contributed by atoms with Crippen LogP contribution in [-0.2, 0) is 6.54 Å². The van der Waals surface area contributed by atoms with E-state index >= 15 is 0 Å². The molecule has 7 nitrogen and oxygen atoms in total. The van der Waals surface area contributed by atoms with Crippen molar-refractivity contribution in [2.75, 3.05) is 6.54 Å². The summed E-state index contributed by atoms with van der Waals surface area (Å²) in [6, 6.07) is 8.74. The van der Waals surface area contributed by atoms with Gasteiger partial charge in [-0.3, -0.25) is 14.3 Å². The van der Waals surface area contributed by atoms with Gasteiger partial charge in [-0.2, -0.15) is 5.10 Å². The lowest BCUT2D eigenvalue weighted by atomic mass is 10.0. The van der Waals surface area contributed by atoms with Gasteiger partial charge in [-0.05, 0) is 31.0 Å². The smallest absolute Gasteiger partial charge is 0.254 e. The number of H-pyrrole nitrogens is 1. The van der Waals surface area contributed by atoms with Crippen LogP contribution in [0.1, 0.15) is 39.1 Å². The molecule has 1 atom stereocenters. The van der Waals surface area contributed by atoms with Crippen LogP contribution < -0.4 is 0 Å². The lowest BCUT2D eigenvalue weighted by Crippen LogP contribution is -2.38. The highest BCUT2D eigenvalue weighted by atomic mass is 16.2. The van der Waals surface area contributed by atoms with Crippen molar-refractivity contribution < 1.29 is 9.59 Å². The second-order valence-corrected chi connectivity index (χ2v) is 6.42. The number of hydrogen-bond acceptors (Lipinski definition) is 4. The summed E-state index contributed by atoms with van der Waals surface area (Å²) in [6.45, 7) is 1.39. The van der Waals surface area contributed by atoms with Gasteiger partial charge in [0.2, 0.25) is 0 Å². The molecular weight excluding hydrogens is 330 g/mol. The number of ketones is 1. The largest absolute Gasteiger partial charge is 0.367 e. The first-order valence-electron chi connectivity index (χ1n) is 8.63. The van der Waals surface area contributed by atoms with Gasteiger partial charge in [-0.1, -0.05) is 12.1 Å². The van der Waals surface area contributed by atoms with Crippen molar-refractivity contribution in [1.29, 1.82) is 0 Å². The van der Waals surface area contributed by atoms with Gasteiger partial charge < -0.3 is 9.88 Å². The summed E-state index contributed by atoms with van der Waals surface area (Å²) >= 11 is 0. The zero-order valence-corrected chi connectivity index (χ0v) is 14.2. The van der Waals surface area contributed by atoms with Gasteiger partial charge in [0, 0.05) is 35.6 Å². The van der Waals surface area contributed by atoms with Crippen molar-refractivity contribution >= 4 is 11.7 Å². The van der Waals surface area contributed by atoms with Crippen LogP contribution >= 0.6 is 0 Å². The summed E-state index contributed by atoms with van der Waals surface area (Å²) in [5.41, 5.74) is 1.78. The summed E-state index contributed by atoms with van der Waals surface area (Å²) < 4.78 is 1.76. The fourth-order valence-corrected chi connectivity index (χ4v) is 3.40. The molecule has 4 rings (SSSR count). The van der Waals surface area contributed by atoms with Gasteiger partial charge >= 0.3 is 0 Å². The minimum atomic E-state index is -0.0597. The highest BCUT2D eigenvalue weighted by molar-refractivity contribution is 6.09. The third kappa shape index (κ3) is 3.15. The van der Waals surface area contributed by atoms with Crippen molar-refractivity contribution in [3.05, 3.63) is 72.1 Å². The maximum atomic E-state index is 12.9. The number of nitrogens with zero attached hydrogens (tertiary/aromatic N) is 4. The summed E-state index contributed by atoms with van der Waals surface area (Å²) in [6.07, 6.45) is 8.49. The van der Waals surface area contributed by atoms with E-state index in [-0.39, 0.29) is 17.7 Å². The molecule has 1 saturated heterocycles. The highest BCUT2D eigenvalue weighted by Crippen LogP contribution is 2.22.